The number of halogens is 1. The van der Waals surface area contributed by atoms with Gasteiger partial charge in [0.2, 0.25) is 0 Å². The summed E-state index contributed by atoms with van der Waals surface area (Å²) in [5, 5.41) is 12.7. The lowest BCUT2D eigenvalue weighted by molar-refractivity contribution is -0.132. The molecular formula is C23H24BrN3O2. The fraction of sp³-hybridized carbons (Fsp3) is 0.304. The number of nitrogens with zero attached hydrogens (tertiary/aromatic N) is 3. The van der Waals surface area contributed by atoms with E-state index in [-0.39, 0.29) is 5.91 Å². The molecule has 1 aliphatic heterocycles. The van der Waals surface area contributed by atoms with Crippen molar-refractivity contribution >= 4 is 38.4 Å². The summed E-state index contributed by atoms with van der Waals surface area (Å²) in [6, 6.07) is 15.2. The van der Waals surface area contributed by atoms with Gasteiger partial charge in [0.25, 0.3) is 5.91 Å². The number of fused-ring (bicyclic) bond motifs is 2. The Morgan fingerprint density at radius 3 is 2.66 bits per heavy atom. The summed E-state index contributed by atoms with van der Waals surface area (Å²) in [6.45, 7) is 7.32. The molecule has 150 valence electrons. The van der Waals surface area contributed by atoms with Gasteiger partial charge in [-0.25, -0.2) is 0 Å². The molecule has 6 heteroatoms. The highest BCUT2D eigenvalue weighted by Crippen LogP contribution is 2.47. The van der Waals surface area contributed by atoms with Crippen LogP contribution in [0.15, 0.2) is 59.2 Å². The molecule has 0 spiro atoms. The van der Waals surface area contributed by atoms with Crippen LogP contribution in [-0.4, -0.2) is 47.1 Å². The van der Waals surface area contributed by atoms with Crippen LogP contribution in [0, 0.1) is 0 Å². The van der Waals surface area contributed by atoms with Crippen molar-refractivity contribution in [1.29, 1.82) is 0 Å². The predicted octanol–water partition coefficient (Wildman–Crippen LogP) is 3.92. The van der Waals surface area contributed by atoms with Crippen LogP contribution in [0.1, 0.15) is 25.0 Å². The number of benzene rings is 2. The molecule has 1 unspecified atom stereocenters. The number of anilines is 1. The van der Waals surface area contributed by atoms with Gasteiger partial charge in [-0.15, -0.1) is 0 Å². The maximum absolute atomic E-state index is 13.6. The second-order valence-corrected chi connectivity index (χ2v) is 8.10. The second-order valence-electron chi connectivity index (χ2n) is 7.24. The molecule has 0 fully saturated rings. The lowest BCUT2D eigenvalue weighted by Crippen LogP contribution is -2.44. The van der Waals surface area contributed by atoms with Crippen molar-refractivity contribution in [2.75, 3.05) is 31.1 Å². The maximum Gasteiger partial charge on any atom is 0.268 e. The van der Waals surface area contributed by atoms with E-state index in [9.17, 15) is 9.90 Å². The van der Waals surface area contributed by atoms with Crippen LogP contribution in [-0.2, 0) is 10.4 Å². The summed E-state index contributed by atoms with van der Waals surface area (Å²) in [5.41, 5.74) is 0.875. The Hall–Kier alpha value is -2.28. The molecular weight excluding hydrogens is 430 g/mol. The van der Waals surface area contributed by atoms with Crippen molar-refractivity contribution in [1.82, 2.24) is 9.88 Å². The number of aromatic nitrogens is 1. The SMILES string of the molecule is CCN(CC)CCN1C(=O)C(O)(c2cnc3ccccc3c2)c2c(Br)cccc21. The minimum absolute atomic E-state index is 0.330. The second kappa shape index (κ2) is 7.86. The van der Waals surface area contributed by atoms with Gasteiger partial charge in [-0.05, 0) is 37.4 Å². The first-order valence-corrected chi connectivity index (χ1v) is 10.7. The van der Waals surface area contributed by atoms with Crippen molar-refractivity contribution in [3.63, 3.8) is 0 Å². The van der Waals surface area contributed by atoms with Crippen molar-refractivity contribution in [2.24, 2.45) is 0 Å². The Kier molecular flexibility index (Phi) is 5.42. The third kappa shape index (κ3) is 3.25. The molecule has 2 aromatic carbocycles. The number of carbonyl (C=O) groups excluding carboxylic acids is 1. The Balaban J connectivity index is 1.81. The van der Waals surface area contributed by atoms with Gasteiger partial charge in [0.15, 0.2) is 5.60 Å². The molecule has 0 saturated carbocycles. The first-order valence-electron chi connectivity index (χ1n) is 9.91. The summed E-state index contributed by atoms with van der Waals surface area (Å²) in [7, 11) is 0. The van der Waals surface area contributed by atoms with Gasteiger partial charge in [0.05, 0.1) is 11.2 Å². The average Bonchev–Trinajstić information content (AvgIpc) is 2.97. The lowest BCUT2D eigenvalue weighted by Gasteiger charge is -2.26. The van der Waals surface area contributed by atoms with Gasteiger partial charge in [-0.2, -0.15) is 0 Å². The number of rotatable bonds is 6. The number of para-hydroxylation sites is 1. The quantitative estimate of drug-likeness (QED) is 0.614. The molecule has 1 N–H and O–H groups in total. The van der Waals surface area contributed by atoms with Crippen LogP contribution < -0.4 is 4.90 Å². The Bertz CT molecular complexity index is 1070. The van der Waals surface area contributed by atoms with Crippen LogP contribution in [0.2, 0.25) is 0 Å². The Morgan fingerprint density at radius 1 is 1.14 bits per heavy atom. The zero-order valence-corrected chi connectivity index (χ0v) is 18.2. The van der Waals surface area contributed by atoms with Gasteiger partial charge in [0.1, 0.15) is 0 Å². The molecule has 0 saturated heterocycles. The highest BCUT2D eigenvalue weighted by Gasteiger charge is 2.52. The van der Waals surface area contributed by atoms with Crippen LogP contribution in [0.4, 0.5) is 5.69 Å². The topological polar surface area (TPSA) is 56.7 Å². The van der Waals surface area contributed by atoms with Gasteiger partial charge in [-0.1, -0.05) is 54.0 Å². The van der Waals surface area contributed by atoms with Gasteiger partial charge >= 0.3 is 0 Å². The third-order valence-corrected chi connectivity index (χ3v) is 6.40. The molecule has 1 aliphatic rings. The van der Waals surface area contributed by atoms with E-state index in [0.29, 0.717) is 22.1 Å². The average molecular weight is 454 g/mol. The van der Waals surface area contributed by atoms with Gasteiger partial charge < -0.3 is 14.9 Å². The van der Waals surface area contributed by atoms with E-state index >= 15 is 0 Å². The normalized spacial score (nSPS) is 18.7. The number of aliphatic hydroxyl groups is 1. The highest BCUT2D eigenvalue weighted by molar-refractivity contribution is 9.10. The summed E-state index contributed by atoms with van der Waals surface area (Å²) in [5.74, 6) is -0.330. The minimum Gasteiger partial charge on any atom is -0.372 e. The zero-order valence-electron chi connectivity index (χ0n) is 16.6. The van der Waals surface area contributed by atoms with Crippen molar-refractivity contribution in [3.8, 4) is 0 Å². The van der Waals surface area contributed by atoms with E-state index in [0.717, 1.165) is 36.2 Å². The Morgan fingerprint density at radius 2 is 1.90 bits per heavy atom. The molecule has 2 heterocycles. The molecule has 5 nitrogen and oxygen atoms in total. The maximum atomic E-state index is 13.6. The molecule has 0 aliphatic carbocycles. The van der Waals surface area contributed by atoms with E-state index in [1.54, 1.807) is 11.1 Å². The monoisotopic (exact) mass is 453 g/mol. The predicted molar refractivity (Wildman–Crippen MR) is 119 cm³/mol. The van der Waals surface area contributed by atoms with Gasteiger partial charge in [0, 0.05) is 40.3 Å². The molecule has 1 aromatic heterocycles. The number of pyridine rings is 1. The molecule has 3 aromatic rings. The smallest absolute Gasteiger partial charge is 0.268 e. The van der Waals surface area contributed by atoms with E-state index in [1.165, 1.54) is 0 Å². The number of amides is 1. The van der Waals surface area contributed by atoms with Crippen LogP contribution >= 0.6 is 15.9 Å². The summed E-state index contributed by atoms with van der Waals surface area (Å²) in [4.78, 5) is 22.0. The number of hydrogen-bond acceptors (Lipinski definition) is 4. The molecule has 1 atom stereocenters. The number of carbonyl (C=O) groups is 1. The van der Waals surface area contributed by atoms with E-state index in [4.69, 9.17) is 0 Å². The van der Waals surface area contributed by atoms with Crippen LogP contribution in [0.5, 0.6) is 0 Å². The largest absolute Gasteiger partial charge is 0.372 e. The van der Waals surface area contributed by atoms with Crippen molar-refractivity contribution in [3.05, 3.63) is 70.3 Å². The Labute approximate surface area is 179 Å². The third-order valence-electron chi connectivity index (χ3n) is 5.74. The molecule has 29 heavy (non-hydrogen) atoms. The van der Waals surface area contributed by atoms with Crippen LogP contribution in [0.25, 0.3) is 10.9 Å². The first-order chi connectivity index (χ1) is 14.0. The highest BCUT2D eigenvalue weighted by atomic mass is 79.9. The van der Waals surface area contributed by atoms with Gasteiger partial charge in [-0.3, -0.25) is 9.78 Å². The van der Waals surface area contributed by atoms with E-state index in [2.05, 4.69) is 39.7 Å². The molecule has 0 bridgehead atoms. The summed E-state index contributed by atoms with van der Waals surface area (Å²) in [6.07, 6.45) is 1.61. The molecule has 0 radical (unpaired) electrons. The molecule has 1 amide bonds. The summed E-state index contributed by atoms with van der Waals surface area (Å²) >= 11 is 3.56. The lowest BCUT2D eigenvalue weighted by atomic mass is 9.88. The standard InChI is InChI=1S/C23H24BrN3O2/c1-3-26(4-2)12-13-27-20-11-7-9-18(24)21(20)23(29,22(27)28)17-14-16-8-5-6-10-19(16)25-15-17/h5-11,14-15,29H,3-4,12-13H2,1-2H3. The minimum atomic E-state index is -1.77. The van der Waals surface area contributed by atoms with Crippen molar-refractivity contribution in [2.45, 2.75) is 19.4 Å². The van der Waals surface area contributed by atoms with Crippen molar-refractivity contribution < 1.29 is 9.90 Å². The van der Waals surface area contributed by atoms with E-state index in [1.807, 2.05) is 48.5 Å². The number of likely N-dealkylation sites (N-methyl/N-ethyl adjacent to an activating group) is 1. The zero-order chi connectivity index (χ0) is 20.6. The fourth-order valence-electron chi connectivity index (χ4n) is 4.05. The number of hydrogen-bond donors (Lipinski definition) is 1. The van der Waals surface area contributed by atoms with E-state index < -0.39 is 5.60 Å². The molecule has 4 rings (SSSR count). The fourth-order valence-corrected chi connectivity index (χ4v) is 4.69. The summed E-state index contributed by atoms with van der Waals surface area (Å²) < 4.78 is 0.712. The first kappa shape index (κ1) is 20.0. The van der Waals surface area contributed by atoms with Crippen LogP contribution in [0.3, 0.4) is 0 Å².